The van der Waals surface area contributed by atoms with Crippen molar-refractivity contribution in [3.8, 4) is 0 Å². The highest BCUT2D eigenvalue weighted by Crippen LogP contribution is 2.16. The zero-order chi connectivity index (χ0) is 15.9. The number of benzene rings is 1. The number of carbonyl (C=O) groups is 2. The van der Waals surface area contributed by atoms with E-state index in [1.165, 1.54) is 12.7 Å². The molecule has 0 aliphatic heterocycles. The van der Waals surface area contributed by atoms with Crippen molar-refractivity contribution < 1.29 is 35.9 Å². The number of nitrogens with one attached hydrogen (secondary N) is 1. The van der Waals surface area contributed by atoms with E-state index in [2.05, 4.69) is 5.32 Å². The Labute approximate surface area is 146 Å². The van der Waals surface area contributed by atoms with Gasteiger partial charge >= 0.3 is 5.97 Å². The Bertz CT molecular complexity index is 672. The van der Waals surface area contributed by atoms with Crippen molar-refractivity contribution in [2.24, 2.45) is 0 Å². The Balaban J connectivity index is 0.00000264. The molecule has 0 bridgehead atoms. The SMILES string of the molecule is COC(=O)c1ccccc1NC(=O)CC[n+]1ccc(C)cc1.[Br-]. The van der Waals surface area contributed by atoms with Gasteiger partial charge in [-0.15, -0.1) is 0 Å². The summed E-state index contributed by atoms with van der Waals surface area (Å²) in [6.07, 6.45) is 4.19. The van der Waals surface area contributed by atoms with Crippen molar-refractivity contribution in [3.63, 3.8) is 0 Å². The number of aromatic nitrogens is 1. The number of pyridine rings is 1. The van der Waals surface area contributed by atoms with Gasteiger partial charge in [0.15, 0.2) is 18.9 Å². The van der Waals surface area contributed by atoms with Gasteiger partial charge in [0.1, 0.15) is 0 Å². The first-order chi connectivity index (χ1) is 10.6. The summed E-state index contributed by atoms with van der Waals surface area (Å²) in [6, 6.07) is 10.8. The Morgan fingerprint density at radius 2 is 1.78 bits per heavy atom. The van der Waals surface area contributed by atoms with E-state index in [9.17, 15) is 9.59 Å². The number of amides is 1. The fourth-order valence-electron chi connectivity index (χ4n) is 2.00. The van der Waals surface area contributed by atoms with Gasteiger partial charge in [-0.3, -0.25) is 4.79 Å². The highest BCUT2D eigenvalue weighted by molar-refractivity contribution is 6.01. The first kappa shape index (κ1) is 18.8. The van der Waals surface area contributed by atoms with Crippen LogP contribution < -0.4 is 26.9 Å². The summed E-state index contributed by atoms with van der Waals surface area (Å²) in [5.41, 5.74) is 1.99. The molecule has 2 aromatic rings. The number of hydrogen-bond acceptors (Lipinski definition) is 3. The molecule has 0 aliphatic rings. The molecule has 0 radical (unpaired) electrons. The van der Waals surface area contributed by atoms with Gasteiger partial charge in [0.05, 0.1) is 24.8 Å². The van der Waals surface area contributed by atoms with Crippen LogP contribution in [-0.4, -0.2) is 19.0 Å². The van der Waals surface area contributed by atoms with E-state index >= 15 is 0 Å². The minimum Gasteiger partial charge on any atom is -1.00 e. The molecule has 2 rings (SSSR count). The zero-order valence-corrected chi connectivity index (χ0v) is 14.7. The average Bonchev–Trinajstić information content (AvgIpc) is 2.54. The number of esters is 1. The third-order valence-electron chi connectivity index (χ3n) is 3.26. The molecule has 23 heavy (non-hydrogen) atoms. The molecule has 1 amide bonds. The van der Waals surface area contributed by atoms with Crippen LogP contribution in [0.2, 0.25) is 0 Å². The van der Waals surface area contributed by atoms with Crippen molar-refractivity contribution >= 4 is 17.6 Å². The normalized spacial score (nSPS) is 9.65. The van der Waals surface area contributed by atoms with Gasteiger partial charge in [-0.25, -0.2) is 9.36 Å². The van der Waals surface area contributed by atoms with Crippen LogP contribution in [0.3, 0.4) is 0 Å². The third kappa shape index (κ3) is 5.49. The number of methoxy groups -OCH3 is 1. The molecule has 0 saturated carbocycles. The van der Waals surface area contributed by atoms with E-state index in [0.29, 0.717) is 24.2 Å². The van der Waals surface area contributed by atoms with Crippen LogP contribution in [0.15, 0.2) is 48.8 Å². The number of anilines is 1. The molecule has 1 aromatic carbocycles. The molecule has 0 unspecified atom stereocenters. The zero-order valence-electron chi connectivity index (χ0n) is 13.1. The van der Waals surface area contributed by atoms with Gasteiger partial charge < -0.3 is 27.0 Å². The molecule has 5 nitrogen and oxygen atoms in total. The second kappa shape index (κ2) is 9.05. The maximum Gasteiger partial charge on any atom is 0.339 e. The van der Waals surface area contributed by atoms with Crippen LogP contribution >= 0.6 is 0 Å². The second-order valence-electron chi connectivity index (χ2n) is 4.95. The molecule has 6 heteroatoms. The van der Waals surface area contributed by atoms with Crippen molar-refractivity contribution in [2.75, 3.05) is 12.4 Å². The topological polar surface area (TPSA) is 59.3 Å². The van der Waals surface area contributed by atoms with Gasteiger partial charge in [-0.1, -0.05) is 12.1 Å². The first-order valence-corrected chi connectivity index (χ1v) is 7.03. The third-order valence-corrected chi connectivity index (χ3v) is 3.26. The van der Waals surface area contributed by atoms with E-state index in [-0.39, 0.29) is 22.9 Å². The van der Waals surface area contributed by atoms with Crippen LogP contribution in [0, 0.1) is 6.92 Å². The number of nitrogens with zero attached hydrogens (tertiary/aromatic N) is 1. The smallest absolute Gasteiger partial charge is 0.339 e. The molecule has 0 spiro atoms. The lowest BCUT2D eigenvalue weighted by molar-refractivity contribution is -0.695. The molecule has 0 saturated heterocycles. The quantitative estimate of drug-likeness (QED) is 0.541. The van der Waals surface area contributed by atoms with E-state index in [4.69, 9.17) is 4.74 Å². The van der Waals surface area contributed by atoms with Crippen molar-refractivity contribution in [3.05, 3.63) is 59.9 Å². The lowest BCUT2D eigenvalue weighted by Crippen LogP contribution is -3.00. The summed E-state index contributed by atoms with van der Waals surface area (Å²) in [6.45, 7) is 2.59. The van der Waals surface area contributed by atoms with Crippen LogP contribution in [0.1, 0.15) is 22.3 Å². The Hall–Kier alpha value is -2.21. The minimum atomic E-state index is -0.469. The molecule has 0 atom stereocenters. The van der Waals surface area contributed by atoms with Gasteiger partial charge in [-0.05, 0) is 24.6 Å². The van der Waals surface area contributed by atoms with Gasteiger partial charge in [0.2, 0.25) is 5.91 Å². The maximum atomic E-state index is 12.0. The predicted octanol–water partition coefficient (Wildman–Crippen LogP) is -0.898. The molecule has 0 aliphatic carbocycles. The lowest BCUT2D eigenvalue weighted by Gasteiger charge is -2.08. The van der Waals surface area contributed by atoms with E-state index < -0.39 is 5.97 Å². The standard InChI is InChI=1S/C17H18N2O3.BrH/c1-13-7-10-19(11-8-13)12-9-16(20)18-15-6-4-3-5-14(15)17(21)22-2;/h3-8,10-11H,9,12H2,1-2H3;1H. The fraction of sp³-hybridized carbons (Fsp3) is 0.235. The largest absolute Gasteiger partial charge is 1.00 e. The summed E-state index contributed by atoms with van der Waals surface area (Å²) in [5.74, 6) is -0.617. The summed E-state index contributed by atoms with van der Waals surface area (Å²) in [7, 11) is 1.31. The van der Waals surface area contributed by atoms with Crippen molar-refractivity contribution in [1.82, 2.24) is 0 Å². The maximum absolute atomic E-state index is 12.0. The second-order valence-corrected chi connectivity index (χ2v) is 4.95. The molecule has 1 aromatic heterocycles. The number of aryl methyl sites for hydroxylation is 2. The lowest BCUT2D eigenvalue weighted by atomic mass is 10.1. The molecule has 1 heterocycles. The van der Waals surface area contributed by atoms with Crippen LogP contribution in [0.25, 0.3) is 0 Å². The predicted molar refractivity (Wildman–Crippen MR) is 82.4 cm³/mol. The highest BCUT2D eigenvalue weighted by Gasteiger charge is 2.14. The van der Waals surface area contributed by atoms with Crippen molar-refractivity contribution in [1.29, 1.82) is 0 Å². The van der Waals surface area contributed by atoms with E-state index in [0.717, 1.165) is 0 Å². The number of rotatable bonds is 5. The number of carbonyl (C=O) groups excluding carboxylic acids is 2. The van der Waals surface area contributed by atoms with E-state index in [1.807, 2.05) is 36.0 Å². The Kier molecular flexibility index (Phi) is 7.41. The number of para-hydroxylation sites is 1. The molecule has 122 valence electrons. The molecular weight excluding hydrogens is 360 g/mol. The number of ether oxygens (including phenoxy) is 1. The molecule has 0 fully saturated rings. The molecule has 1 N–H and O–H groups in total. The first-order valence-electron chi connectivity index (χ1n) is 7.03. The molecular formula is C17H19BrN2O3. The number of halogens is 1. The fourth-order valence-corrected chi connectivity index (χ4v) is 2.00. The Morgan fingerprint density at radius 1 is 1.13 bits per heavy atom. The number of hydrogen-bond donors (Lipinski definition) is 1. The van der Waals surface area contributed by atoms with Gasteiger partial charge in [0.25, 0.3) is 0 Å². The summed E-state index contributed by atoms with van der Waals surface area (Å²) >= 11 is 0. The van der Waals surface area contributed by atoms with Crippen molar-refractivity contribution in [2.45, 2.75) is 19.9 Å². The monoisotopic (exact) mass is 378 g/mol. The summed E-state index contributed by atoms with van der Waals surface area (Å²) < 4.78 is 6.65. The van der Waals surface area contributed by atoms with Gasteiger partial charge in [-0.2, -0.15) is 0 Å². The average molecular weight is 379 g/mol. The summed E-state index contributed by atoms with van der Waals surface area (Å²) in [5, 5.41) is 2.75. The van der Waals surface area contributed by atoms with Crippen LogP contribution in [-0.2, 0) is 16.1 Å². The van der Waals surface area contributed by atoms with Gasteiger partial charge in [0, 0.05) is 12.1 Å². The highest BCUT2D eigenvalue weighted by atomic mass is 79.9. The van der Waals surface area contributed by atoms with Crippen LogP contribution in [0.4, 0.5) is 5.69 Å². The summed E-state index contributed by atoms with van der Waals surface area (Å²) in [4.78, 5) is 23.7. The van der Waals surface area contributed by atoms with Crippen LogP contribution in [0.5, 0.6) is 0 Å². The Morgan fingerprint density at radius 3 is 2.43 bits per heavy atom. The van der Waals surface area contributed by atoms with E-state index in [1.54, 1.807) is 24.3 Å². The minimum absolute atomic E-state index is 0.